The molecule has 0 saturated carbocycles. The first-order valence-electron chi connectivity index (χ1n) is 7.14. The Balaban J connectivity index is 1.99. The number of aromatic nitrogens is 2. The van der Waals surface area contributed by atoms with E-state index in [-0.39, 0.29) is 11.6 Å². The van der Waals surface area contributed by atoms with Crippen LogP contribution in [0.25, 0.3) is 11.0 Å². The maximum atomic E-state index is 12.5. The summed E-state index contributed by atoms with van der Waals surface area (Å²) >= 11 is 5.93. The van der Waals surface area contributed by atoms with Gasteiger partial charge in [-0.2, -0.15) is 0 Å². The molecule has 1 N–H and O–H groups in total. The molecule has 1 heterocycles. The summed E-state index contributed by atoms with van der Waals surface area (Å²) in [6.45, 7) is 2.22. The van der Waals surface area contributed by atoms with Crippen molar-refractivity contribution in [1.29, 1.82) is 0 Å². The van der Waals surface area contributed by atoms with Crippen LogP contribution in [0.15, 0.2) is 48.5 Å². The summed E-state index contributed by atoms with van der Waals surface area (Å²) in [5, 5.41) is 3.30. The molecule has 0 saturated heterocycles. The third-order valence-electron chi connectivity index (χ3n) is 3.12. The predicted octanol–water partition coefficient (Wildman–Crippen LogP) is 3.93. The Morgan fingerprint density at radius 2 is 1.87 bits per heavy atom. The van der Waals surface area contributed by atoms with E-state index in [2.05, 4.69) is 15.3 Å². The van der Waals surface area contributed by atoms with Gasteiger partial charge in [-0.05, 0) is 37.3 Å². The maximum absolute atomic E-state index is 12.5. The molecule has 0 unspecified atom stereocenters. The number of halogens is 1. The fraction of sp³-hybridized carbons (Fsp3) is 0.118. The number of hydrogen-bond acceptors (Lipinski definition) is 4. The highest BCUT2D eigenvalue weighted by atomic mass is 35.5. The van der Waals surface area contributed by atoms with Gasteiger partial charge in [-0.25, -0.2) is 9.97 Å². The van der Waals surface area contributed by atoms with Crippen molar-refractivity contribution in [3.63, 3.8) is 0 Å². The molecule has 0 aliphatic heterocycles. The highest BCUT2D eigenvalue weighted by Crippen LogP contribution is 2.21. The minimum absolute atomic E-state index is 0.144. The van der Waals surface area contributed by atoms with Crippen LogP contribution >= 0.6 is 11.6 Å². The Morgan fingerprint density at radius 3 is 2.57 bits per heavy atom. The highest BCUT2D eigenvalue weighted by Gasteiger charge is 2.18. The fourth-order valence-corrected chi connectivity index (χ4v) is 2.32. The average Bonchev–Trinajstić information content (AvgIpc) is 2.54. The second kappa shape index (κ2) is 6.62. The zero-order valence-corrected chi connectivity index (χ0v) is 13.2. The Labute approximate surface area is 138 Å². The van der Waals surface area contributed by atoms with Crippen molar-refractivity contribution in [1.82, 2.24) is 9.97 Å². The molecule has 1 aromatic heterocycles. The first-order valence-corrected chi connectivity index (χ1v) is 7.51. The van der Waals surface area contributed by atoms with Crippen LogP contribution in [0.3, 0.4) is 0 Å². The minimum atomic E-state index is -0.394. The van der Waals surface area contributed by atoms with Gasteiger partial charge in [-0.15, -0.1) is 0 Å². The molecule has 0 radical (unpaired) electrons. The Kier molecular flexibility index (Phi) is 4.39. The zero-order valence-electron chi connectivity index (χ0n) is 12.4. The molecule has 23 heavy (non-hydrogen) atoms. The van der Waals surface area contributed by atoms with Crippen LogP contribution in [0.1, 0.15) is 17.4 Å². The monoisotopic (exact) mass is 327 g/mol. The lowest BCUT2D eigenvalue weighted by atomic mass is 10.2. The van der Waals surface area contributed by atoms with Gasteiger partial charge in [0.05, 0.1) is 17.6 Å². The second-order valence-corrected chi connectivity index (χ2v) is 5.20. The quantitative estimate of drug-likeness (QED) is 0.788. The van der Waals surface area contributed by atoms with Crippen LogP contribution in [-0.2, 0) is 0 Å². The maximum Gasteiger partial charge on any atom is 0.279 e. The van der Waals surface area contributed by atoms with E-state index in [4.69, 9.17) is 16.3 Å². The van der Waals surface area contributed by atoms with E-state index in [0.717, 1.165) is 0 Å². The van der Waals surface area contributed by atoms with Gasteiger partial charge in [0.2, 0.25) is 5.88 Å². The molecule has 0 aliphatic rings. The van der Waals surface area contributed by atoms with E-state index < -0.39 is 5.91 Å². The Morgan fingerprint density at radius 1 is 1.13 bits per heavy atom. The number of carbonyl (C=O) groups is 1. The van der Waals surface area contributed by atoms with Crippen LogP contribution in [0.5, 0.6) is 5.88 Å². The number of benzene rings is 2. The van der Waals surface area contributed by atoms with Gasteiger partial charge < -0.3 is 10.1 Å². The summed E-state index contributed by atoms with van der Waals surface area (Å²) in [5.41, 5.74) is 2.04. The molecular weight excluding hydrogens is 314 g/mol. The molecule has 0 spiro atoms. The lowest BCUT2D eigenvalue weighted by Crippen LogP contribution is -2.16. The third-order valence-corrected chi connectivity index (χ3v) is 3.35. The molecule has 6 heteroatoms. The number of para-hydroxylation sites is 2. The molecule has 116 valence electrons. The molecule has 1 amide bonds. The lowest BCUT2D eigenvalue weighted by molar-refractivity contribution is 0.101. The summed E-state index contributed by atoms with van der Waals surface area (Å²) in [6, 6.07) is 14.2. The Bertz CT molecular complexity index is 867. The van der Waals surface area contributed by atoms with Gasteiger partial charge in [0, 0.05) is 10.7 Å². The third kappa shape index (κ3) is 3.40. The van der Waals surface area contributed by atoms with Gasteiger partial charge in [-0.3, -0.25) is 4.79 Å². The molecule has 3 aromatic rings. The standard InChI is InChI=1S/C17H14ClN3O2/c1-2-23-17-15(20-13-8-3-4-9-14(13)21-17)16(22)19-12-7-5-6-11(18)10-12/h3-10H,2H2,1H3,(H,19,22). The summed E-state index contributed by atoms with van der Waals surface area (Å²) < 4.78 is 5.47. The van der Waals surface area contributed by atoms with Gasteiger partial charge in [0.25, 0.3) is 5.91 Å². The number of rotatable bonds is 4. The van der Waals surface area contributed by atoms with Gasteiger partial charge in [0.1, 0.15) is 0 Å². The summed E-state index contributed by atoms with van der Waals surface area (Å²) in [6.07, 6.45) is 0. The summed E-state index contributed by atoms with van der Waals surface area (Å²) in [7, 11) is 0. The van der Waals surface area contributed by atoms with Crippen LogP contribution in [-0.4, -0.2) is 22.5 Å². The number of carbonyl (C=O) groups excluding carboxylic acids is 1. The van der Waals surface area contributed by atoms with E-state index in [1.54, 1.807) is 30.3 Å². The number of hydrogen-bond donors (Lipinski definition) is 1. The molecule has 0 aliphatic carbocycles. The largest absolute Gasteiger partial charge is 0.476 e. The lowest BCUT2D eigenvalue weighted by Gasteiger charge is -2.10. The van der Waals surface area contributed by atoms with Crippen LogP contribution in [0.4, 0.5) is 5.69 Å². The molecule has 0 bridgehead atoms. The highest BCUT2D eigenvalue weighted by molar-refractivity contribution is 6.31. The molecule has 3 rings (SSSR count). The molecular formula is C17H14ClN3O2. The van der Waals surface area contributed by atoms with Crippen LogP contribution < -0.4 is 10.1 Å². The first-order chi connectivity index (χ1) is 11.2. The summed E-state index contributed by atoms with van der Waals surface area (Å²) in [5.74, 6) is -0.181. The van der Waals surface area contributed by atoms with Gasteiger partial charge in [-0.1, -0.05) is 29.8 Å². The normalized spacial score (nSPS) is 10.5. The smallest absolute Gasteiger partial charge is 0.279 e. The van der Waals surface area contributed by atoms with Gasteiger partial charge in [0.15, 0.2) is 5.69 Å². The second-order valence-electron chi connectivity index (χ2n) is 4.76. The number of amides is 1. The van der Waals surface area contributed by atoms with E-state index in [1.807, 2.05) is 25.1 Å². The fourth-order valence-electron chi connectivity index (χ4n) is 2.13. The van der Waals surface area contributed by atoms with E-state index in [1.165, 1.54) is 0 Å². The zero-order chi connectivity index (χ0) is 16.2. The number of nitrogens with zero attached hydrogens (tertiary/aromatic N) is 2. The van der Waals surface area contributed by atoms with Crippen molar-refractivity contribution < 1.29 is 9.53 Å². The summed E-state index contributed by atoms with van der Waals surface area (Å²) in [4.78, 5) is 21.3. The van der Waals surface area contributed by atoms with E-state index in [0.29, 0.717) is 28.4 Å². The van der Waals surface area contributed by atoms with Gasteiger partial charge >= 0.3 is 0 Å². The van der Waals surface area contributed by atoms with Crippen molar-refractivity contribution in [2.75, 3.05) is 11.9 Å². The van der Waals surface area contributed by atoms with Crippen molar-refractivity contribution in [3.05, 3.63) is 59.2 Å². The van der Waals surface area contributed by atoms with Crippen molar-refractivity contribution in [3.8, 4) is 5.88 Å². The van der Waals surface area contributed by atoms with Crippen molar-refractivity contribution in [2.24, 2.45) is 0 Å². The molecule has 5 nitrogen and oxygen atoms in total. The van der Waals surface area contributed by atoms with E-state index in [9.17, 15) is 4.79 Å². The molecule has 0 atom stereocenters. The Hall–Kier alpha value is -2.66. The number of nitrogens with one attached hydrogen (secondary N) is 1. The minimum Gasteiger partial charge on any atom is -0.476 e. The van der Waals surface area contributed by atoms with E-state index >= 15 is 0 Å². The van der Waals surface area contributed by atoms with Crippen molar-refractivity contribution >= 4 is 34.2 Å². The topological polar surface area (TPSA) is 64.1 Å². The number of anilines is 1. The predicted molar refractivity (Wildman–Crippen MR) is 90.1 cm³/mol. The molecule has 2 aromatic carbocycles. The van der Waals surface area contributed by atoms with Crippen LogP contribution in [0, 0.1) is 0 Å². The SMILES string of the molecule is CCOc1nc2ccccc2nc1C(=O)Nc1cccc(Cl)c1. The van der Waals surface area contributed by atoms with Crippen LogP contribution in [0.2, 0.25) is 5.02 Å². The van der Waals surface area contributed by atoms with Crippen molar-refractivity contribution in [2.45, 2.75) is 6.92 Å². The number of fused-ring (bicyclic) bond motifs is 1. The first kappa shape index (κ1) is 15.2. The molecule has 0 fully saturated rings. The number of ether oxygens (including phenoxy) is 1. The average molecular weight is 328 g/mol.